The largest absolute Gasteiger partial charge is 0.383 e. The maximum Gasteiger partial charge on any atom is 0.231 e. The number of aromatic nitrogens is 1. The zero-order valence-electron chi connectivity index (χ0n) is 17.2. The Labute approximate surface area is 172 Å². The monoisotopic (exact) mass is 385 g/mol. The molecule has 3 aromatic rings. The number of carbonyl (C=O) groups excluding carboxylic acids is 1. The van der Waals surface area contributed by atoms with Gasteiger partial charge in [-0.3, -0.25) is 4.79 Å². The van der Waals surface area contributed by atoms with Crippen molar-refractivity contribution in [2.24, 2.45) is 0 Å². The number of benzene rings is 2. The average Bonchev–Trinajstić information content (AvgIpc) is 2.73. The molecule has 1 heterocycles. The van der Waals surface area contributed by atoms with Gasteiger partial charge in [-0.25, -0.2) is 4.98 Å². The van der Waals surface area contributed by atoms with Crippen LogP contribution in [-0.4, -0.2) is 10.9 Å². The van der Waals surface area contributed by atoms with E-state index in [4.69, 9.17) is 5.73 Å². The van der Waals surface area contributed by atoms with Crippen molar-refractivity contribution >= 4 is 33.8 Å². The smallest absolute Gasteiger partial charge is 0.231 e. The quantitative estimate of drug-likeness (QED) is 0.517. The number of nitrogens with two attached hydrogens (primary N) is 1. The van der Waals surface area contributed by atoms with Crippen LogP contribution < -0.4 is 11.1 Å². The molecule has 2 aromatic carbocycles. The van der Waals surface area contributed by atoms with Crippen LogP contribution in [0.25, 0.3) is 16.3 Å². The van der Waals surface area contributed by atoms with E-state index in [1.54, 1.807) is 6.20 Å². The molecule has 148 valence electrons. The molecule has 0 saturated carbocycles. The molecule has 0 radical (unpaired) electrons. The van der Waals surface area contributed by atoms with Crippen molar-refractivity contribution < 1.29 is 4.79 Å². The van der Waals surface area contributed by atoms with Crippen LogP contribution in [0.4, 0.5) is 11.5 Å². The highest BCUT2D eigenvalue weighted by molar-refractivity contribution is 5.99. The molecule has 4 nitrogen and oxygen atoms in total. The molecular weight excluding hydrogens is 358 g/mol. The van der Waals surface area contributed by atoms with Gasteiger partial charge >= 0.3 is 0 Å². The van der Waals surface area contributed by atoms with Crippen molar-refractivity contribution in [2.75, 3.05) is 11.1 Å². The van der Waals surface area contributed by atoms with Gasteiger partial charge in [-0.2, -0.15) is 0 Å². The minimum atomic E-state index is -0.294. The molecule has 0 aliphatic rings. The number of hydrogen-bond acceptors (Lipinski definition) is 3. The van der Waals surface area contributed by atoms with Crippen molar-refractivity contribution in [3.05, 3.63) is 84.1 Å². The molecule has 0 saturated heterocycles. The number of anilines is 2. The topological polar surface area (TPSA) is 68.0 Å². The second-order valence-electron chi connectivity index (χ2n) is 7.34. The molecule has 3 rings (SSSR count). The lowest BCUT2D eigenvalue weighted by molar-refractivity contribution is -0.117. The van der Waals surface area contributed by atoms with Gasteiger partial charge < -0.3 is 11.1 Å². The fourth-order valence-corrected chi connectivity index (χ4v) is 3.17. The molecule has 0 bridgehead atoms. The Hall–Kier alpha value is -3.40. The molecule has 1 aromatic heterocycles. The fraction of sp³-hybridized carbons (Fsp3) is 0.200. The highest BCUT2D eigenvalue weighted by Gasteiger charge is 2.16. The van der Waals surface area contributed by atoms with E-state index in [2.05, 4.69) is 36.8 Å². The molecule has 1 unspecified atom stereocenters. The third-order valence-electron chi connectivity index (χ3n) is 5.19. The summed E-state index contributed by atoms with van der Waals surface area (Å²) in [6, 6.07) is 15.5. The Morgan fingerprint density at radius 3 is 2.79 bits per heavy atom. The number of nitrogens with one attached hydrogen (secondary N) is 1. The summed E-state index contributed by atoms with van der Waals surface area (Å²) in [5, 5.41) is 4.83. The third kappa shape index (κ3) is 4.72. The first-order valence-corrected chi connectivity index (χ1v) is 9.80. The molecule has 3 N–H and O–H groups in total. The van der Waals surface area contributed by atoms with Crippen LogP contribution in [0.5, 0.6) is 0 Å². The second kappa shape index (κ2) is 8.74. The predicted molar refractivity (Wildman–Crippen MR) is 123 cm³/mol. The van der Waals surface area contributed by atoms with Crippen LogP contribution in [0.3, 0.4) is 0 Å². The number of pyridine rings is 1. The van der Waals surface area contributed by atoms with Crippen molar-refractivity contribution in [1.82, 2.24) is 4.98 Å². The number of nitrogens with zero attached hydrogens (tertiary/aromatic N) is 1. The third-order valence-corrected chi connectivity index (χ3v) is 5.19. The molecule has 4 heteroatoms. The predicted octanol–water partition coefficient (Wildman–Crippen LogP) is 5.93. The number of fused-ring (bicyclic) bond motifs is 1. The minimum Gasteiger partial charge on any atom is -0.383 e. The summed E-state index contributed by atoms with van der Waals surface area (Å²) in [5.74, 6) is 0.129. The summed E-state index contributed by atoms with van der Waals surface area (Å²) < 4.78 is 0. The van der Waals surface area contributed by atoms with Gasteiger partial charge in [-0.1, -0.05) is 49.4 Å². The summed E-state index contributed by atoms with van der Waals surface area (Å²) in [7, 11) is 0. The van der Waals surface area contributed by atoms with Crippen LogP contribution >= 0.6 is 0 Å². The number of hydrogen-bond donors (Lipinski definition) is 2. The molecule has 0 spiro atoms. The van der Waals surface area contributed by atoms with Crippen LogP contribution in [0.1, 0.15) is 44.2 Å². The number of amides is 1. The van der Waals surface area contributed by atoms with Crippen molar-refractivity contribution in [3.8, 4) is 0 Å². The Bertz CT molecular complexity index is 1100. The first-order chi connectivity index (χ1) is 13.9. The summed E-state index contributed by atoms with van der Waals surface area (Å²) in [4.78, 5) is 16.9. The number of carbonyl (C=O) groups is 1. The maximum absolute atomic E-state index is 12.8. The second-order valence-corrected chi connectivity index (χ2v) is 7.34. The zero-order valence-corrected chi connectivity index (χ0v) is 17.2. The van der Waals surface area contributed by atoms with Crippen molar-refractivity contribution in [3.63, 3.8) is 0 Å². The highest BCUT2D eigenvalue weighted by atomic mass is 16.1. The van der Waals surface area contributed by atoms with Crippen molar-refractivity contribution in [1.29, 1.82) is 0 Å². The summed E-state index contributed by atoms with van der Waals surface area (Å²) in [6.45, 7) is 10.3. The Kier molecular flexibility index (Phi) is 6.13. The Balaban J connectivity index is 1.78. The van der Waals surface area contributed by atoms with E-state index in [-0.39, 0.29) is 11.8 Å². The highest BCUT2D eigenvalue weighted by Crippen LogP contribution is 2.26. The van der Waals surface area contributed by atoms with Gasteiger partial charge in [0.05, 0.1) is 5.92 Å². The van der Waals surface area contributed by atoms with Crippen LogP contribution in [-0.2, 0) is 4.79 Å². The van der Waals surface area contributed by atoms with Gasteiger partial charge in [0.15, 0.2) is 0 Å². The summed E-state index contributed by atoms with van der Waals surface area (Å²) in [6.07, 6.45) is 4.75. The SMILES string of the molecule is C=C(/C=C(\C)CC)c1cccc(C(C)C(=O)Nc2ccc3c(N)nccc3c2)c1. The molecule has 1 amide bonds. The lowest BCUT2D eigenvalue weighted by Crippen LogP contribution is -2.19. The van der Waals surface area contributed by atoms with E-state index in [9.17, 15) is 4.79 Å². The van der Waals surface area contributed by atoms with Crippen LogP contribution in [0, 0.1) is 0 Å². The van der Waals surface area contributed by atoms with Gasteiger partial charge in [0, 0.05) is 17.3 Å². The van der Waals surface area contributed by atoms with Gasteiger partial charge in [-0.05, 0) is 66.6 Å². The molecule has 0 fully saturated rings. The Morgan fingerprint density at radius 1 is 1.24 bits per heavy atom. The van der Waals surface area contributed by atoms with Crippen LogP contribution in [0.15, 0.2) is 73.0 Å². The number of allylic oxidation sites excluding steroid dienone is 3. The first-order valence-electron chi connectivity index (χ1n) is 9.80. The lowest BCUT2D eigenvalue weighted by Gasteiger charge is -2.15. The van der Waals surface area contributed by atoms with E-state index in [1.807, 2.05) is 55.5 Å². The zero-order chi connectivity index (χ0) is 21.0. The molecular formula is C25H27N3O. The fourth-order valence-electron chi connectivity index (χ4n) is 3.17. The number of nitrogen functional groups attached to an aromatic ring is 1. The van der Waals surface area contributed by atoms with E-state index in [0.717, 1.165) is 39.6 Å². The minimum absolute atomic E-state index is 0.0607. The molecule has 29 heavy (non-hydrogen) atoms. The average molecular weight is 386 g/mol. The van der Waals surface area contributed by atoms with E-state index >= 15 is 0 Å². The lowest BCUT2D eigenvalue weighted by atomic mass is 9.95. The van der Waals surface area contributed by atoms with Gasteiger partial charge in [0.1, 0.15) is 5.82 Å². The standard InChI is InChI=1S/C25H27N3O/c1-5-16(2)13-17(3)19-7-6-8-20(14-19)18(4)25(29)28-22-9-10-23-21(15-22)11-12-27-24(23)26/h6-15,18H,3,5H2,1-2,4H3,(H2,26,27)(H,28,29)/b16-13+. The van der Waals surface area contributed by atoms with E-state index in [0.29, 0.717) is 5.82 Å². The Morgan fingerprint density at radius 2 is 2.03 bits per heavy atom. The summed E-state index contributed by atoms with van der Waals surface area (Å²) in [5.41, 5.74) is 10.9. The molecule has 1 atom stereocenters. The van der Waals surface area contributed by atoms with Gasteiger partial charge in [0.2, 0.25) is 5.91 Å². The normalized spacial score (nSPS) is 12.6. The van der Waals surface area contributed by atoms with E-state index < -0.39 is 0 Å². The van der Waals surface area contributed by atoms with Gasteiger partial charge in [-0.15, -0.1) is 0 Å². The molecule has 0 aliphatic carbocycles. The molecule has 0 aliphatic heterocycles. The maximum atomic E-state index is 12.8. The first kappa shape index (κ1) is 20.3. The summed E-state index contributed by atoms with van der Waals surface area (Å²) >= 11 is 0. The van der Waals surface area contributed by atoms with Crippen molar-refractivity contribution in [2.45, 2.75) is 33.1 Å². The van der Waals surface area contributed by atoms with Crippen LogP contribution in [0.2, 0.25) is 0 Å². The van der Waals surface area contributed by atoms with E-state index in [1.165, 1.54) is 5.57 Å². The van der Waals surface area contributed by atoms with Gasteiger partial charge in [0.25, 0.3) is 0 Å². The number of rotatable bonds is 6.